The maximum absolute atomic E-state index is 11.2. The predicted octanol–water partition coefficient (Wildman–Crippen LogP) is 1.32. The van der Waals surface area contributed by atoms with E-state index >= 15 is 0 Å². The number of ether oxygens (including phenoxy) is 1. The lowest BCUT2D eigenvalue weighted by Crippen LogP contribution is -2.34. The monoisotopic (exact) mass is 265 g/mol. The van der Waals surface area contributed by atoms with E-state index in [-0.39, 0.29) is 11.2 Å². The molecule has 1 N–H and O–H groups in total. The van der Waals surface area contributed by atoms with Gasteiger partial charge in [0.15, 0.2) is 0 Å². The Morgan fingerprint density at radius 1 is 1.29 bits per heavy atom. The molecule has 0 amide bonds. The SMILES string of the molecule is COCCNCC(CCS(C)(=O)=O)C(C)(C)C. The molecule has 1 atom stereocenters. The number of hydrogen-bond acceptors (Lipinski definition) is 4. The van der Waals surface area contributed by atoms with Crippen molar-refractivity contribution < 1.29 is 13.2 Å². The summed E-state index contributed by atoms with van der Waals surface area (Å²) in [5, 5.41) is 3.31. The summed E-state index contributed by atoms with van der Waals surface area (Å²) >= 11 is 0. The van der Waals surface area contributed by atoms with E-state index in [1.165, 1.54) is 6.26 Å². The Balaban J connectivity index is 4.17. The van der Waals surface area contributed by atoms with E-state index < -0.39 is 9.84 Å². The maximum Gasteiger partial charge on any atom is 0.147 e. The molecular formula is C12H27NO3S. The zero-order chi connectivity index (χ0) is 13.5. The summed E-state index contributed by atoms with van der Waals surface area (Å²) in [5.74, 6) is 0.620. The standard InChI is InChI=1S/C12H27NO3S/c1-12(2,3)11(6-9-17(5,14)15)10-13-7-8-16-4/h11,13H,6-10H2,1-5H3. The van der Waals surface area contributed by atoms with Gasteiger partial charge in [-0.05, 0) is 24.3 Å². The molecule has 0 heterocycles. The van der Waals surface area contributed by atoms with Gasteiger partial charge in [-0.2, -0.15) is 0 Å². The van der Waals surface area contributed by atoms with E-state index in [2.05, 4.69) is 26.1 Å². The molecule has 0 saturated heterocycles. The second-order valence-electron chi connectivity index (χ2n) is 5.68. The van der Waals surface area contributed by atoms with Gasteiger partial charge in [0.25, 0.3) is 0 Å². The Morgan fingerprint density at radius 3 is 2.29 bits per heavy atom. The molecule has 0 spiro atoms. The number of nitrogens with one attached hydrogen (secondary N) is 1. The lowest BCUT2D eigenvalue weighted by atomic mass is 9.79. The van der Waals surface area contributed by atoms with E-state index in [4.69, 9.17) is 4.74 Å². The molecule has 0 aliphatic heterocycles. The van der Waals surface area contributed by atoms with Crippen molar-refractivity contribution in [3.63, 3.8) is 0 Å². The van der Waals surface area contributed by atoms with Crippen molar-refractivity contribution >= 4 is 9.84 Å². The molecule has 4 nitrogen and oxygen atoms in total. The van der Waals surface area contributed by atoms with Crippen molar-refractivity contribution in [3.8, 4) is 0 Å². The second-order valence-corrected chi connectivity index (χ2v) is 7.94. The van der Waals surface area contributed by atoms with Crippen molar-refractivity contribution in [1.82, 2.24) is 5.32 Å². The topological polar surface area (TPSA) is 55.4 Å². The van der Waals surface area contributed by atoms with Gasteiger partial charge in [-0.15, -0.1) is 0 Å². The summed E-state index contributed by atoms with van der Waals surface area (Å²) in [5.41, 5.74) is 0.116. The molecule has 17 heavy (non-hydrogen) atoms. The highest BCUT2D eigenvalue weighted by Crippen LogP contribution is 2.28. The van der Waals surface area contributed by atoms with E-state index in [0.717, 1.165) is 13.1 Å². The van der Waals surface area contributed by atoms with Crippen LogP contribution in [0.5, 0.6) is 0 Å². The van der Waals surface area contributed by atoms with Crippen LogP contribution in [0.2, 0.25) is 0 Å². The van der Waals surface area contributed by atoms with Crippen molar-refractivity contribution in [1.29, 1.82) is 0 Å². The number of methoxy groups -OCH3 is 1. The van der Waals surface area contributed by atoms with Gasteiger partial charge in [-0.3, -0.25) is 0 Å². The average Bonchev–Trinajstić information content (AvgIpc) is 2.13. The first-order valence-electron chi connectivity index (χ1n) is 6.04. The molecule has 1 unspecified atom stereocenters. The van der Waals surface area contributed by atoms with Crippen molar-refractivity contribution in [2.24, 2.45) is 11.3 Å². The van der Waals surface area contributed by atoms with Gasteiger partial charge >= 0.3 is 0 Å². The molecule has 0 aromatic carbocycles. The van der Waals surface area contributed by atoms with Crippen LogP contribution < -0.4 is 5.32 Å². The number of sulfone groups is 1. The molecule has 0 aliphatic carbocycles. The molecule has 0 aliphatic rings. The van der Waals surface area contributed by atoms with Crippen LogP contribution in [0.4, 0.5) is 0 Å². The highest BCUT2D eigenvalue weighted by atomic mass is 32.2. The van der Waals surface area contributed by atoms with Gasteiger partial charge < -0.3 is 10.1 Å². The molecule has 0 aromatic heterocycles. The van der Waals surface area contributed by atoms with Crippen LogP contribution >= 0.6 is 0 Å². The largest absolute Gasteiger partial charge is 0.383 e. The Kier molecular flexibility index (Phi) is 7.28. The third-order valence-corrected chi connectivity index (χ3v) is 3.91. The van der Waals surface area contributed by atoms with E-state index in [0.29, 0.717) is 18.9 Å². The predicted molar refractivity (Wildman–Crippen MR) is 72.0 cm³/mol. The molecule has 0 saturated carbocycles. The normalized spacial score (nSPS) is 14.9. The first-order chi connectivity index (χ1) is 7.67. The quantitative estimate of drug-likeness (QED) is 0.673. The summed E-state index contributed by atoms with van der Waals surface area (Å²) in [6.07, 6.45) is 2.01. The van der Waals surface area contributed by atoms with Crippen LogP contribution in [-0.4, -0.2) is 47.2 Å². The fourth-order valence-electron chi connectivity index (χ4n) is 1.65. The first-order valence-corrected chi connectivity index (χ1v) is 8.10. The highest BCUT2D eigenvalue weighted by molar-refractivity contribution is 7.90. The lowest BCUT2D eigenvalue weighted by Gasteiger charge is -2.31. The molecule has 0 radical (unpaired) electrons. The Labute approximate surface area is 106 Å². The van der Waals surface area contributed by atoms with Crippen LogP contribution in [0.3, 0.4) is 0 Å². The number of rotatable bonds is 8. The van der Waals surface area contributed by atoms with E-state index in [9.17, 15) is 8.42 Å². The van der Waals surface area contributed by atoms with Gasteiger partial charge in [0.05, 0.1) is 12.4 Å². The Morgan fingerprint density at radius 2 is 1.88 bits per heavy atom. The van der Waals surface area contributed by atoms with Crippen LogP contribution in [0.25, 0.3) is 0 Å². The summed E-state index contributed by atoms with van der Waals surface area (Å²) in [6, 6.07) is 0. The molecule has 0 fully saturated rings. The fraction of sp³-hybridized carbons (Fsp3) is 1.00. The van der Waals surface area contributed by atoms with Crippen molar-refractivity contribution in [2.45, 2.75) is 27.2 Å². The summed E-state index contributed by atoms with van der Waals surface area (Å²) in [7, 11) is -1.19. The zero-order valence-corrected chi connectivity index (χ0v) is 12.6. The summed E-state index contributed by atoms with van der Waals surface area (Å²) < 4.78 is 27.4. The van der Waals surface area contributed by atoms with Crippen LogP contribution in [0.15, 0.2) is 0 Å². The molecule has 0 bridgehead atoms. The van der Waals surface area contributed by atoms with Crippen molar-refractivity contribution in [2.75, 3.05) is 38.8 Å². The van der Waals surface area contributed by atoms with Gasteiger partial charge in [0, 0.05) is 19.9 Å². The van der Waals surface area contributed by atoms with Gasteiger partial charge in [-0.1, -0.05) is 20.8 Å². The highest BCUT2D eigenvalue weighted by Gasteiger charge is 2.25. The second kappa shape index (κ2) is 7.34. The zero-order valence-electron chi connectivity index (χ0n) is 11.7. The van der Waals surface area contributed by atoms with Crippen LogP contribution in [0, 0.1) is 11.3 Å². The third-order valence-electron chi connectivity index (χ3n) is 2.94. The minimum Gasteiger partial charge on any atom is -0.383 e. The molecule has 0 rings (SSSR count). The van der Waals surface area contributed by atoms with Crippen molar-refractivity contribution in [3.05, 3.63) is 0 Å². The Bertz CT molecular complexity index is 293. The molecule has 5 heteroatoms. The third kappa shape index (κ3) is 9.56. The van der Waals surface area contributed by atoms with Gasteiger partial charge in [0.1, 0.15) is 9.84 Å². The van der Waals surface area contributed by atoms with Crippen LogP contribution in [-0.2, 0) is 14.6 Å². The molecule has 104 valence electrons. The average molecular weight is 265 g/mol. The molecule has 0 aromatic rings. The number of hydrogen-bond donors (Lipinski definition) is 1. The minimum absolute atomic E-state index is 0.116. The smallest absolute Gasteiger partial charge is 0.147 e. The fourth-order valence-corrected chi connectivity index (χ4v) is 2.36. The lowest BCUT2D eigenvalue weighted by molar-refractivity contribution is 0.185. The first kappa shape index (κ1) is 16.9. The summed E-state index contributed by atoms with van der Waals surface area (Å²) in [4.78, 5) is 0. The van der Waals surface area contributed by atoms with Crippen LogP contribution in [0.1, 0.15) is 27.2 Å². The minimum atomic E-state index is -2.87. The Hall–Kier alpha value is -0.130. The summed E-state index contributed by atoms with van der Waals surface area (Å²) in [6.45, 7) is 8.78. The van der Waals surface area contributed by atoms with Gasteiger partial charge in [-0.25, -0.2) is 8.42 Å². The van der Waals surface area contributed by atoms with E-state index in [1.54, 1.807) is 7.11 Å². The molecular weight excluding hydrogens is 238 g/mol. The van der Waals surface area contributed by atoms with Gasteiger partial charge in [0.2, 0.25) is 0 Å². The maximum atomic E-state index is 11.2. The van der Waals surface area contributed by atoms with E-state index in [1.807, 2.05) is 0 Å².